The highest BCUT2D eigenvalue weighted by molar-refractivity contribution is 5.80. The zero-order valence-corrected chi connectivity index (χ0v) is 16.5. The van der Waals surface area contributed by atoms with Gasteiger partial charge in [-0.25, -0.2) is 4.98 Å². The van der Waals surface area contributed by atoms with Gasteiger partial charge in [0, 0.05) is 25.1 Å². The van der Waals surface area contributed by atoms with Crippen molar-refractivity contribution in [3.05, 3.63) is 60.2 Å². The second-order valence-electron chi connectivity index (χ2n) is 7.45. The summed E-state index contributed by atoms with van der Waals surface area (Å²) in [5, 5.41) is 4.16. The summed E-state index contributed by atoms with van der Waals surface area (Å²) in [5.74, 6) is 2.05. The van der Waals surface area contributed by atoms with Gasteiger partial charge in [0.2, 0.25) is 17.6 Å². The van der Waals surface area contributed by atoms with Crippen molar-refractivity contribution in [3.63, 3.8) is 0 Å². The number of methoxy groups -OCH3 is 1. The maximum Gasteiger partial charge on any atom is 0.231 e. The molecule has 3 heterocycles. The quantitative estimate of drug-likeness (QED) is 0.548. The Morgan fingerprint density at radius 2 is 2.20 bits per heavy atom. The van der Waals surface area contributed by atoms with E-state index in [9.17, 15) is 4.79 Å². The fourth-order valence-corrected chi connectivity index (χ4v) is 3.85. The number of carbonyl (C=O) groups is 1. The molecule has 1 saturated heterocycles. The largest absolute Gasteiger partial charge is 0.497 e. The lowest BCUT2D eigenvalue weighted by atomic mass is 9.97. The van der Waals surface area contributed by atoms with Gasteiger partial charge in [-0.1, -0.05) is 17.3 Å². The van der Waals surface area contributed by atoms with Crippen molar-refractivity contribution in [2.75, 3.05) is 13.7 Å². The molecule has 2 aromatic carbocycles. The van der Waals surface area contributed by atoms with Crippen LogP contribution in [0.25, 0.3) is 22.4 Å². The SMILES string of the molecule is COc1cccc(CN2CC(c3nc(-c4ccc5nc[nH]c5c4)no3)CCC2=O)c1. The molecule has 8 nitrogen and oxygen atoms in total. The predicted molar refractivity (Wildman–Crippen MR) is 110 cm³/mol. The first-order chi connectivity index (χ1) is 14.7. The van der Waals surface area contributed by atoms with Gasteiger partial charge >= 0.3 is 0 Å². The molecule has 4 aromatic rings. The standard InChI is InChI=1S/C22H21N5O3/c1-29-17-4-2-3-14(9-17)11-27-12-16(6-8-20(27)28)22-25-21(26-30-22)15-5-7-18-19(10-15)24-13-23-18/h2-5,7,9-10,13,16H,6,8,11-12H2,1H3,(H,23,24). The highest BCUT2D eigenvalue weighted by Gasteiger charge is 2.30. The van der Waals surface area contributed by atoms with E-state index in [0.29, 0.717) is 37.6 Å². The predicted octanol–water partition coefficient (Wildman–Crippen LogP) is 3.53. The first-order valence-corrected chi connectivity index (χ1v) is 9.87. The summed E-state index contributed by atoms with van der Waals surface area (Å²) in [7, 11) is 1.64. The monoisotopic (exact) mass is 403 g/mol. The van der Waals surface area contributed by atoms with Crippen molar-refractivity contribution in [1.82, 2.24) is 25.0 Å². The summed E-state index contributed by atoms with van der Waals surface area (Å²) in [6.07, 6.45) is 2.83. The number of likely N-dealkylation sites (tertiary alicyclic amines) is 1. The Labute approximate surface area is 172 Å². The molecule has 0 spiro atoms. The first kappa shape index (κ1) is 18.4. The number of nitrogens with zero attached hydrogens (tertiary/aromatic N) is 4. The van der Waals surface area contributed by atoms with Crippen LogP contribution in [0.3, 0.4) is 0 Å². The first-order valence-electron chi connectivity index (χ1n) is 9.87. The molecule has 0 aliphatic carbocycles. The zero-order chi connectivity index (χ0) is 20.5. The second kappa shape index (κ2) is 7.62. The van der Waals surface area contributed by atoms with Gasteiger partial charge < -0.3 is 19.1 Å². The smallest absolute Gasteiger partial charge is 0.231 e. The number of nitrogens with one attached hydrogen (secondary N) is 1. The minimum Gasteiger partial charge on any atom is -0.497 e. The molecule has 30 heavy (non-hydrogen) atoms. The van der Waals surface area contributed by atoms with Crippen molar-refractivity contribution < 1.29 is 14.1 Å². The van der Waals surface area contributed by atoms with Gasteiger partial charge in [0.15, 0.2) is 0 Å². The number of carbonyl (C=O) groups excluding carboxylic acids is 1. The number of ether oxygens (including phenoxy) is 1. The van der Waals surface area contributed by atoms with Crippen LogP contribution in [0.15, 0.2) is 53.3 Å². The molecule has 0 radical (unpaired) electrons. The van der Waals surface area contributed by atoms with Crippen LogP contribution in [-0.4, -0.2) is 44.6 Å². The van der Waals surface area contributed by atoms with E-state index < -0.39 is 0 Å². The molecule has 1 atom stereocenters. The average Bonchev–Trinajstić information content (AvgIpc) is 3.44. The number of hydrogen-bond donors (Lipinski definition) is 1. The van der Waals surface area contributed by atoms with E-state index in [1.54, 1.807) is 13.4 Å². The number of imidazole rings is 1. The third-order valence-electron chi connectivity index (χ3n) is 5.48. The molecule has 8 heteroatoms. The molecule has 1 N–H and O–H groups in total. The number of aromatic amines is 1. The van der Waals surface area contributed by atoms with Crippen LogP contribution < -0.4 is 4.74 Å². The molecular weight excluding hydrogens is 382 g/mol. The van der Waals surface area contributed by atoms with E-state index in [1.165, 1.54) is 0 Å². The van der Waals surface area contributed by atoms with Gasteiger partial charge in [0.05, 0.1) is 30.4 Å². The molecule has 1 fully saturated rings. The Morgan fingerprint density at radius 1 is 1.27 bits per heavy atom. The van der Waals surface area contributed by atoms with Gasteiger partial charge in [0.1, 0.15) is 5.75 Å². The van der Waals surface area contributed by atoms with Crippen molar-refractivity contribution in [2.24, 2.45) is 0 Å². The molecule has 152 valence electrons. The fourth-order valence-electron chi connectivity index (χ4n) is 3.85. The summed E-state index contributed by atoms with van der Waals surface area (Å²) in [5.41, 5.74) is 3.71. The maximum atomic E-state index is 12.5. The van der Waals surface area contributed by atoms with Crippen LogP contribution in [0.2, 0.25) is 0 Å². The van der Waals surface area contributed by atoms with Gasteiger partial charge in [0.25, 0.3) is 0 Å². The molecule has 1 aliphatic heterocycles. The van der Waals surface area contributed by atoms with E-state index in [1.807, 2.05) is 47.4 Å². The number of rotatable bonds is 5. The number of amides is 1. The van der Waals surface area contributed by atoms with E-state index >= 15 is 0 Å². The van der Waals surface area contributed by atoms with E-state index in [0.717, 1.165) is 27.9 Å². The molecule has 1 unspecified atom stereocenters. The zero-order valence-electron chi connectivity index (χ0n) is 16.5. The minimum atomic E-state index is 0.0189. The van der Waals surface area contributed by atoms with Crippen molar-refractivity contribution in [3.8, 4) is 17.1 Å². The summed E-state index contributed by atoms with van der Waals surface area (Å²) >= 11 is 0. The fraction of sp³-hybridized carbons (Fsp3) is 0.273. The number of benzene rings is 2. The Kier molecular flexibility index (Phi) is 4.66. The van der Waals surface area contributed by atoms with Crippen LogP contribution in [0.1, 0.15) is 30.2 Å². The van der Waals surface area contributed by atoms with Crippen LogP contribution in [0.5, 0.6) is 5.75 Å². The molecule has 2 aromatic heterocycles. The van der Waals surface area contributed by atoms with Crippen LogP contribution >= 0.6 is 0 Å². The third-order valence-corrected chi connectivity index (χ3v) is 5.48. The topological polar surface area (TPSA) is 97.1 Å². The highest BCUT2D eigenvalue weighted by atomic mass is 16.5. The summed E-state index contributed by atoms with van der Waals surface area (Å²) in [4.78, 5) is 26.3. The number of fused-ring (bicyclic) bond motifs is 1. The van der Waals surface area contributed by atoms with Crippen molar-refractivity contribution >= 4 is 16.9 Å². The third kappa shape index (κ3) is 3.52. The van der Waals surface area contributed by atoms with Crippen molar-refractivity contribution in [1.29, 1.82) is 0 Å². The van der Waals surface area contributed by atoms with Gasteiger partial charge in [-0.3, -0.25) is 4.79 Å². The molecule has 5 rings (SSSR count). The lowest BCUT2D eigenvalue weighted by Gasteiger charge is -2.31. The average molecular weight is 403 g/mol. The Hall–Kier alpha value is -3.68. The van der Waals surface area contributed by atoms with Gasteiger partial charge in [-0.05, 0) is 42.3 Å². The lowest BCUT2D eigenvalue weighted by molar-refractivity contribution is -0.134. The van der Waals surface area contributed by atoms with Crippen LogP contribution in [-0.2, 0) is 11.3 Å². The Balaban J connectivity index is 1.33. The van der Waals surface area contributed by atoms with Crippen LogP contribution in [0.4, 0.5) is 0 Å². The summed E-state index contributed by atoms with van der Waals surface area (Å²) < 4.78 is 10.9. The molecule has 1 amide bonds. The molecule has 1 aliphatic rings. The maximum absolute atomic E-state index is 12.5. The molecule has 0 bridgehead atoms. The number of aromatic nitrogens is 4. The van der Waals surface area contributed by atoms with E-state index in [2.05, 4.69) is 20.1 Å². The number of piperidine rings is 1. The van der Waals surface area contributed by atoms with E-state index in [-0.39, 0.29) is 11.8 Å². The van der Waals surface area contributed by atoms with Gasteiger partial charge in [-0.2, -0.15) is 4.98 Å². The highest BCUT2D eigenvalue weighted by Crippen LogP contribution is 2.30. The Morgan fingerprint density at radius 3 is 3.10 bits per heavy atom. The van der Waals surface area contributed by atoms with Crippen molar-refractivity contribution in [2.45, 2.75) is 25.3 Å². The number of hydrogen-bond acceptors (Lipinski definition) is 6. The summed E-state index contributed by atoms with van der Waals surface area (Å²) in [6.45, 7) is 1.08. The van der Waals surface area contributed by atoms with E-state index in [4.69, 9.17) is 9.26 Å². The minimum absolute atomic E-state index is 0.0189. The normalized spacial score (nSPS) is 16.9. The molecule has 0 saturated carbocycles. The molecular formula is C22H21N5O3. The Bertz CT molecular complexity index is 1200. The lowest BCUT2D eigenvalue weighted by Crippen LogP contribution is -2.38. The van der Waals surface area contributed by atoms with Gasteiger partial charge in [-0.15, -0.1) is 0 Å². The van der Waals surface area contributed by atoms with Crippen LogP contribution in [0, 0.1) is 0 Å². The summed E-state index contributed by atoms with van der Waals surface area (Å²) in [6, 6.07) is 13.6. The second-order valence-corrected chi connectivity index (χ2v) is 7.45. The number of H-pyrrole nitrogens is 1.